The van der Waals surface area contributed by atoms with Gasteiger partial charge in [-0.15, -0.1) is 0 Å². The van der Waals surface area contributed by atoms with Crippen molar-refractivity contribution in [2.75, 3.05) is 0 Å². The van der Waals surface area contributed by atoms with E-state index in [4.69, 9.17) is 5.11 Å². The Hall–Kier alpha value is -0.860. The Morgan fingerprint density at radius 2 is 1.79 bits per heavy atom. The van der Waals surface area contributed by atoms with E-state index in [0.717, 1.165) is 44.9 Å². The molecule has 0 aromatic heterocycles. The number of carbonyl (C=O) groups is 2. The predicted molar refractivity (Wildman–Crippen MR) is 53.1 cm³/mol. The molecule has 0 unspecified atom stereocenters. The van der Waals surface area contributed by atoms with Gasteiger partial charge in [-0.05, 0) is 19.3 Å². The number of carboxylic acids is 1. The fourth-order valence-corrected chi connectivity index (χ4v) is 2.52. The Bertz CT molecular complexity index is 221. The van der Waals surface area contributed by atoms with E-state index in [1.807, 2.05) is 6.92 Å². The summed E-state index contributed by atoms with van der Waals surface area (Å²) in [7, 11) is 0. The van der Waals surface area contributed by atoms with Crippen LogP contribution in [0.1, 0.15) is 51.9 Å². The number of aliphatic carboxylic acids is 1. The van der Waals surface area contributed by atoms with Gasteiger partial charge in [-0.2, -0.15) is 0 Å². The third-order valence-electron chi connectivity index (χ3n) is 3.22. The zero-order valence-corrected chi connectivity index (χ0v) is 8.71. The lowest BCUT2D eigenvalue weighted by molar-refractivity contribution is -0.155. The number of ketones is 1. The first kappa shape index (κ1) is 11.2. The molecule has 3 heteroatoms. The van der Waals surface area contributed by atoms with Crippen molar-refractivity contribution in [1.82, 2.24) is 0 Å². The lowest BCUT2D eigenvalue weighted by Gasteiger charge is -2.34. The second kappa shape index (κ2) is 4.58. The average Bonchev–Trinajstić information content (AvgIpc) is 2.18. The maximum atomic E-state index is 11.6. The van der Waals surface area contributed by atoms with E-state index in [-0.39, 0.29) is 0 Å². The minimum Gasteiger partial charge on any atom is -0.475 e. The topological polar surface area (TPSA) is 54.4 Å². The van der Waals surface area contributed by atoms with Gasteiger partial charge in [0.2, 0.25) is 5.78 Å². The van der Waals surface area contributed by atoms with E-state index in [1.165, 1.54) is 0 Å². The van der Waals surface area contributed by atoms with Gasteiger partial charge in [0.15, 0.2) is 0 Å². The zero-order valence-electron chi connectivity index (χ0n) is 8.71. The first-order valence-corrected chi connectivity index (χ1v) is 5.40. The summed E-state index contributed by atoms with van der Waals surface area (Å²) in [4.78, 5) is 22.3. The third kappa shape index (κ3) is 2.14. The summed E-state index contributed by atoms with van der Waals surface area (Å²) in [5, 5.41) is 8.78. The fraction of sp³-hybridized carbons (Fsp3) is 0.818. The van der Waals surface area contributed by atoms with E-state index in [9.17, 15) is 9.59 Å². The molecule has 0 saturated heterocycles. The molecule has 0 radical (unpaired) electrons. The Balaban J connectivity index is 2.79. The maximum Gasteiger partial charge on any atom is 0.372 e. The van der Waals surface area contributed by atoms with Crippen LogP contribution in [0.25, 0.3) is 0 Å². The van der Waals surface area contributed by atoms with Crippen LogP contribution in [0.5, 0.6) is 0 Å². The molecule has 0 bridgehead atoms. The van der Waals surface area contributed by atoms with E-state index >= 15 is 0 Å². The number of hydrogen-bond acceptors (Lipinski definition) is 2. The van der Waals surface area contributed by atoms with Gasteiger partial charge in [0, 0.05) is 5.41 Å². The van der Waals surface area contributed by atoms with E-state index in [2.05, 4.69) is 0 Å². The molecule has 0 heterocycles. The summed E-state index contributed by atoms with van der Waals surface area (Å²) in [6.45, 7) is 2.01. The molecule has 0 aromatic carbocycles. The molecule has 1 rings (SSSR count). The maximum absolute atomic E-state index is 11.6. The van der Waals surface area contributed by atoms with Crippen LogP contribution in [0.15, 0.2) is 0 Å². The lowest BCUT2D eigenvalue weighted by atomic mass is 9.68. The van der Waals surface area contributed by atoms with Crippen molar-refractivity contribution in [2.45, 2.75) is 51.9 Å². The van der Waals surface area contributed by atoms with E-state index < -0.39 is 17.2 Å². The van der Waals surface area contributed by atoms with Crippen LogP contribution in [0, 0.1) is 5.41 Å². The number of hydrogen-bond donors (Lipinski definition) is 1. The Labute approximate surface area is 84.5 Å². The predicted octanol–water partition coefficient (Wildman–Crippen LogP) is 2.39. The highest BCUT2D eigenvalue weighted by Crippen LogP contribution is 2.41. The van der Waals surface area contributed by atoms with Crippen LogP contribution >= 0.6 is 0 Å². The van der Waals surface area contributed by atoms with Crippen LogP contribution in [0.3, 0.4) is 0 Å². The highest BCUT2D eigenvalue weighted by Gasteiger charge is 2.41. The SMILES string of the molecule is CCCC1(C(=O)C(=O)O)CCCCC1. The van der Waals surface area contributed by atoms with Gasteiger partial charge in [0.25, 0.3) is 0 Å². The van der Waals surface area contributed by atoms with Crippen molar-refractivity contribution in [2.24, 2.45) is 5.41 Å². The second-order valence-electron chi connectivity index (χ2n) is 4.23. The highest BCUT2D eigenvalue weighted by atomic mass is 16.4. The first-order chi connectivity index (χ1) is 6.62. The minimum absolute atomic E-state index is 0.529. The van der Waals surface area contributed by atoms with Gasteiger partial charge in [0.05, 0.1) is 0 Å². The molecule has 80 valence electrons. The van der Waals surface area contributed by atoms with Crippen LogP contribution in [0.2, 0.25) is 0 Å². The van der Waals surface area contributed by atoms with Crippen LogP contribution in [-0.2, 0) is 9.59 Å². The number of carbonyl (C=O) groups excluding carboxylic acids is 1. The van der Waals surface area contributed by atoms with E-state index in [0.29, 0.717) is 0 Å². The van der Waals surface area contributed by atoms with Crippen molar-refractivity contribution < 1.29 is 14.7 Å². The largest absolute Gasteiger partial charge is 0.475 e. The smallest absolute Gasteiger partial charge is 0.372 e. The zero-order chi connectivity index (χ0) is 10.6. The Morgan fingerprint density at radius 1 is 1.21 bits per heavy atom. The van der Waals surface area contributed by atoms with Gasteiger partial charge in [-0.3, -0.25) is 4.79 Å². The summed E-state index contributed by atoms with van der Waals surface area (Å²) in [5.41, 5.74) is -0.529. The Morgan fingerprint density at radius 3 is 2.21 bits per heavy atom. The summed E-state index contributed by atoms with van der Waals surface area (Å²) < 4.78 is 0. The Kier molecular flexibility index (Phi) is 3.67. The number of carboxylic acid groups (broad SMARTS) is 1. The van der Waals surface area contributed by atoms with Crippen LogP contribution < -0.4 is 0 Å². The molecular formula is C11H18O3. The normalized spacial score (nSPS) is 20.4. The number of Topliss-reactive ketones (excluding diaryl/α,β-unsaturated/α-hetero) is 1. The number of rotatable bonds is 4. The molecule has 0 spiro atoms. The van der Waals surface area contributed by atoms with Gasteiger partial charge in [-0.1, -0.05) is 32.6 Å². The molecule has 3 nitrogen and oxygen atoms in total. The van der Waals surface area contributed by atoms with Crippen molar-refractivity contribution in [3.63, 3.8) is 0 Å². The molecule has 0 aromatic rings. The summed E-state index contributed by atoms with van der Waals surface area (Å²) in [5.74, 6) is -1.81. The van der Waals surface area contributed by atoms with E-state index in [1.54, 1.807) is 0 Å². The molecule has 1 fully saturated rings. The molecule has 0 atom stereocenters. The van der Waals surface area contributed by atoms with Crippen molar-refractivity contribution in [3.05, 3.63) is 0 Å². The molecule has 1 aliphatic carbocycles. The first-order valence-electron chi connectivity index (χ1n) is 5.40. The minimum atomic E-state index is -1.25. The standard InChI is InChI=1S/C11H18O3/c1-2-6-11(9(12)10(13)14)7-4-3-5-8-11/h2-8H2,1H3,(H,13,14). The molecule has 1 saturated carbocycles. The second-order valence-corrected chi connectivity index (χ2v) is 4.23. The molecule has 0 aliphatic heterocycles. The monoisotopic (exact) mass is 198 g/mol. The summed E-state index contributed by atoms with van der Waals surface area (Å²) in [6, 6.07) is 0. The van der Waals surface area contributed by atoms with Crippen LogP contribution in [0.4, 0.5) is 0 Å². The molecule has 1 aliphatic rings. The fourth-order valence-electron chi connectivity index (χ4n) is 2.52. The van der Waals surface area contributed by atoms with Gasteiger partial charge < -0.3 is 5.11 Å². The summed E-state index contributed by atoms with van der Waals surface area (Å²) >= 11 is 0. The molecular weight excluding hydrogens is 180 g/mol. The third-order valence-corrected chi connectivity index (χ3v) is 3.22. The van der Waals surface area contributed by atoms with Gasteiger partial charge in [-0.25, -0.2) is 4.79 Å². The van der Waals surface area contributed by atoms with Crippen molar-refractivity contribution in [3.8, 4) is 0 Å². The summed E-state index contributed by atoms with van der Waals surface area (Å²) in [6.07, 6.45) is 6.30. The molecule has 14 heavy (non-hydrogen) atoms. The quantitative estimate of drug-likeness (QED) is 0.706. The molecule has 0 amide bonds. The lowest BCUT2D eigenvalue weighted by Crippen LogP contribution is -2.38. The van der Waals surface area contributed by atoms with Crippen molar-refractivity contribution in [1.29, 1.82) is 0 Å². The average molecular weight is 198 g/mol. The van der Waals surface area contributed by atoms with Crippen LogP contribution in [-0.4, -0.2) is 16.9 Å². The van der Waals surface area contributed by atoms with Crippen molar-refractivity contribution >= 4 is 11.8 Å². The van der Waals surface area contributed by atoms with Gasteiger partial charge in [0.1, 0.15) is 0 Å². The highest BCUT2D eigenvalue weighted by molar-refractivity contribution is 6.34. The van der Waals surface area contributed by atoms with Gasteiger partial charge >= 0.3 is 5.97 Å². The molecule has 1 N–H and O–H groups in total.